The standard InChI is InChI=1S/C24H23FN4O/c1-14-8-9-22-20(10-14)21(11-15(2)26-22)24(30)27-23-16(3)28-29(17(23)4)13-18-6-5-7-19(25)12-18/h5-12H,13H2,1-4H3,(H,27,30). The van der Waals surface area contributed by atoms with Crippen LogP contribution in [0, 0.1) is 33.5 Å². The molecule has 6 heteroatoms. The molecule has 4 rings (SSSR count). The van der Waals surface area contributed by atoms with Crippen LogP contribution >= 0.6 is 0 Å². The molecule has 2 aromatic heterocycles. The highest BCUT2D eigenvalue weighted by molar-refractivity contribution is 6.12. The molecule has 0 atom stereocenters. The Morgan fingerprint density at radius 3 is 2.63 bits per heavy atom. The Morgan fingerprint density at radius 2 is 1.87 bits per heavy atom. The number of hydrogen-bond donors (Lipinski definition) is 1. The fourth-order valence-electron chi connectivity index (χ4n) is 3.68. The molecule has 152 valence electrons. The van der Waals surface area contributed by atoms with Gasteiger partial charge in [0.25, 0.3) is 5.91 Å². The van der Waals surface area contributed by atoms with E-state index >= 15 is 0 Å². The lowest BCUT2D eigenvalue weighted by Gasteiger charge is -2.11. The van der Waals surface area contributed by atoms with E-state index < -0.39 is 0 Å². The number of anilines is 1. The molecule has 0 bridgehead atoms. The lowest BCUT2D eigenvalue weighted by atomic mass is 10.0. The van der Waals surface area contributed by atoms with Gasteiger partial charge in [-0.05, 0) is 63.6 Å². The van der Waals surface area contributed by atoms with Crippen molar-refractivity contribution >= 4 is 22.5 Å². The van der Waals surface area contributed by atoms with Gasteiger partial charge in [-0.3, -0.25) is 14.5 Å². The fourth-order valence-corrected chi connectivity index (χ4v) is 3.68. The van der Waals surface area contributed by atoms with Crippen molar-refractivity contribution in [2.24, 2.45) is 0 Å². The summed E-state index contributed by atoms with van der Waals surface area (Å²) in [5.41, 5.74) is 6.24. The van der Waals surface area contributed by atoms with E-state index in [1.807, 2.05) is 52.0 Å². The Bertz CT molecular complexity index is 1280. The third-order valence-electron chi connectivity index (χ3n) is 5.18. The first-order chi connectivity index (χ1) is 14.3. The topological polar surface area (TPSA) is 59.8 Å². The summed E-state index contributed by atoms with van der Waals surface area (Å²) >= 11 is 0. The molecule has 0 radical (unpaired) electrons. The summed E-state index contributed by atoms with van der Waals surface area (Å²) in [5, 5.41) is 8.39. The second kappa shape index (κ2) is 7.71. The number of amides is 1. The van der Waals surface area contributed by atoms with Crippen LogP contribution in [0.1, 0.15) is 38.6 Å². The SMILES string of the molecule is Cc1ccc2nc(C)cc(C(=O)Nc3c(C)nn(Cc4cccc(F)c4)c3C)c2c1. The maximum absolute atomic E-state index is 13.5. The number of nitrogens with one attached hydrogen (secondary N) is 1. The van der Waals surface area contributed by atoms with Crippen LogP contribution in [0.15, 0.2) is 48.5 Å². The number of rotatable bonds is 4. The number of aryl methyl sites for hydroxylation is 3. The Kier molecular flexibility index (Phi) is 5.08. The summed E-state index contributed by atoms with van der Waals surface area (Å²) in [6, 6.07) is 14.1. The van der Waals surface area contributed by atoms with Gasteiger partial charge in [0.2, 0.25) is 0 Å². The van der Waals surface area contributed by atoms with E-state index in [0.29, 0.717) is 23.5 Å². The largest absolute Gasteiger partial charge is 0.319 e. The molecule has 0 aliphatic rings. The van der Waals surface area contributed by atoms with Gasteiger partial charge >= 0.3 is 0 Å². The number of fused-ring (bicyclic) bond motifs is 1. The quantitative estimate of drug-likeness (QED) is 0.516. The number of hydrogen-bond acceptors (Lipinski definition) is 3. The van der Waals surface area contributed by atoms with Gasteiger partial charge in [0.15, 0.2) is 0 Å². The fraction of sp³-hybridized carbons (Fsp3) is 0.208. The first-order valence-corrected chi connectivity index (χ1v) is 9.79. The van der Waals surface area contributed by atoms with E-state index in [2.05, 4.69) is 15.4 Å². The van der Waals surface area contributed by atoms with Crippen LogP contribution in [-0.4, -0.2) is 20.7 Å². The molecular formula is C24H23FN4O. The van der Waals surface area contributed by atoms with Crippen LogP contribution in [0.4, 0.5) is 10.1 Å². The van der Waals surface area contributed by atoms with Crippen LogP contribution < -0.4 is 5.32 Å². The van der Waals surface area contributed by atoms with E-state index in [9.17, 15) is 9.18 Å². The van der Waals surface area contributed by atoms with Crippen LogP contribution in [0.5, 0.6) is 0 Å². The maximum Gasteiger partial charge on any atom is 0.256 e. The number of halogens is 1. The highest BCUT2D eigenvalue weighted by atomic mass is 19.1. The van der Waals surface area contributed by atoms with Crippen molar-refractivity contribution in [3.63, 3.8) is 0 Å². The summed E-state index contributed by atoms with van der Waals surface area (Å²) < 4.78 is 15.3. The second-order valence-electron chi connectivity index (χ2n) is 7.62. The van der Waals surface area contributed by atoms with Crippen molar-refractivity contribution in [2.45, 2.75) is 34.2 Å². The van der Waals surface area contributed by atoms with Crippen molar-refractivity contribution < 1.29 is 9.18 Å². The lowest BCUT2D eigenvalue weighted by molar-refractivity contribution is 0.102. The molecule has 5 nitrogen and oxygen atoms in total. The van der Waals surface area contributed by atoms with Gasteiger partial charge in [-0.15, -0.1) is 0 Å². The third-order valence-corrected chi connectivity index (χ3v) is 5.18. The van der Waals surface area contributed by atoms with Gasteiger partial charge in [-0.2, -0.15) is 5.10 Å². The molecule has 1 N–H and O–H groups in total. The van der Waals surface area contributed by atoms with E-state index in [0.717, 1.165) is 33.4 Å². The average molecular weight is 402 g/mol. The third kappa shape index (κ3) is 3.81. The van der Waals surface area contributed by atoms with Crippen LogP contribution in [0.25, 0.3) is 10.9 Å². The molecule has 30 heavy (non-hydrogen) atoms. The van der Waals surface area contributed by atoms with Crippen molar-refractivity contribution in [3.8, 4) is 0 Å². The zero-order valence-corrected chi connectivity index (χ0v) is 17.5. The number of pyridine rings is 1. The van der Waals surface area contributed by atoms with Gasteiger partial charge in [0, 0.05) is 11.1 Å². The molecule has 2 heterocycles. The van der Waals surface area contributed by atoms with Gasteiger partial charge in [-0.1, -0.05) is 23.8 Å². The number of carbonyl (C=O) groups excluding carboxylic acids is 1. The Balaban J connectivity index is 1.67. The van der Waals surface area contributed by atoms with Gasteiger partial charge in [-0.25, -0.2) is 4.39 Å². The number of aromatic nitrogens is 3. The molecule has 0 spiro atoms. The molecule has 1 amide bonds. The summed E-state index contributed by atoms with van der Waals surface area (Å²) in [5.74, 6) is -0.481. The van der Waals surface area contributed by atoms with Gasteiger partial charge in [0.05, 0.1) is 34.7 Å². The number of carbonyl (C=O) groups is 1. The molecule has 0 fully saturated rings. The van der Waals surface area contributed by atoms with Crippen molar-refractivity contribution in [3.05, 3.63) is 88.1 Å². The predicted molar refractivity (Wildman–Crippen MR) is 116 cm³/mol. The van der Waals surface area contributed by atoms with Crippen LogP contribution in [0.3, 0.4) is 0 Å². The lowest BCUT2D eigenvalue weighted by Crippen LogP contribution is -2.14. The van der Waals surface area contributed by atoms with Crippen molar-refractivity contribution in [2.75, 3.05) is 5.32 Å². The first-order valence-electron chi connectivity index (χ1n) is 9.79. The molecule has 4 aromatic rings. The average Bonchev–Trinajstić information content (AvgIpc) is 2.95. The Morgan fingerprint density at radius 1 is 1.07 bits per heavy atom. The number of benzene rings is 2. The summed E-state index contributed by atoms with van der Waals surface area (Å²) in [6.07, 6.45) is 0. The van der Waals surface area contributed by atoms with E-state index in [4.69, 9.17) is 0 Å². The number of nitrogens with zero attached hydrogens (tertiary/aromatic N) is 3. The zero-order chi connectivity index (χ0) is 21.4. The van der Waals surface area contributed by atoms with Crippen molar-refractivity contribution in [1.29, 1.82) is 0 Å². The Hall–Kier alpha value is -3.54. The summed E-state index contributed by atoms with van der Waals surface area (Å²) in [4.78, 5) is 17.7. The normalized spacial score (nSPS) is 11.1. The molecule has 0 saturated heterocycles. The highest BCUT2D eigenvalue weighted by Crippen LogP contribution is 2.25. The monoisotopic (exact) mass is 402 g/mol. The minimum atomic E-state index is -0.280. The summed E-state index contributed by atoms with van der Waals surface area (Å²) in [6.45, 7) is 8.05. The van der Waals surface area contributed by atoms with E-state index in [-0.39, 0.29) is 11.7 Å². The van der Waals surface area contributed by atoms with Crippen molar-refractivity contribution in [1.82, 2.24) is 14.8 Å². The van der Waals surface area contributed by atoms with Crippen LogP contribution in [-0.2, 0) is 6.54 Å². The summed E-state index contributed by atoms with van der Waals surface area (Å²) in [7, 11) is 0. The van der Waals surface area contributed by atoms with E-state index in [1.165, 1.54) is 12.1 Å². The molecular weight excluding hydrogens is 379 g/mol. The maximum atomic E-state index is 13.5. The Labute approximate surface area is 174 Å². The second-order valence-corrected chi connectivity index (χ2v) is 7.62. The smallest absolute Gasteiger partial charge is 0.256 e. The molecule has 0 aliphatic heterocycles. The van der Waals surface area contributed by atoms with Crippen LogP contribution in [0.2, 0.25) is 0 Å². The minimum absolute atomic E-state index is 0.201. The zero-order valence-electron chi connectivity index (χ0n) is 17.5. The van der Waals surface area contributed by atoms with E-state index in [1.54, 1.807) is 16.8 Å². The first kappa shape index (κ1) is 19.8. The molecule has 2 aromatic carbocycles. The van der Waals surface area contributed by atoms with Gasteiger partial charge < -0.3 is 5.32 Å². The highest BCUT2D eigenvalue weighted by Gasteiger charge is 2.18. The predicted octanol–water partition coefficient (Wildman–Crippen LogP) is 5.10. The molecule has 0 aliphatic carbocycles. The molecule has 0 unspecified atom stereocenters. The molecule has 0 saturated carbocycles. The van der Waals surface area contributed by atoms with Gasteiger partial charge in [0.1, 0.15) is 5.82 Å². The minimum Gasteiger partial charge on any atom is -0.319 e.